The molecule has 0 aromatic heterocycles. The summed E-state index contributed by atoms with van der Waals surface area (Å²) < 4.78 is 0. The standard InChI is InChI=1S/C22H30N4O3/c1-14-4-7-16(19(27)24-17-8-9-17)12-18(14)25-21(29)26-22(10-2-3-11-22)20(28)23-13-15-5-6-15/h4,7,12,15,17H,2-3,5-6,8-11,13H2,1H3,(H,23,28)(H,24,27)(H2,25,26,29). The Bertz CT molecular complexity index is 808. The van der Waals surface area contributed by atoms with Crippen molar-refractivity contribution in [3.8, 4) is 0 Å². The highest BCUT2D eigenvalue weighted by Crippen LogP contribution is 2.32. The molecule has 29 heavy (non-hydrogen) atoms. The number of rotatable bonds is 7. The zero-order valence-electron chi connectivity index (χ0n) is 17.0. The summed E-state index contributed by atoms with van der Waals surface area (Å²) in [5.74, 6) is 0.396. The lowest BCUT2D eigenvalue weighted by molar-refractivity contribution is -0.127. The molecular weight excluding hydrogens is 368 g/mol. The lowest BCUT2D eigenvalue weighted by atomic mass is 9.96. The van der Waals surface area contributed by atoms with E-state index in [1.807, 2.05) is 13.0 Å². The largest absolute Gasteiger partial charge is 0.354 e. The van der Waals surface area contributed by atoms with Gasteiger partial charge in [0.1, 0.15) is 5.54 Å². The van der Waals surface area contributed by atoms with Crippen molar-refractivity contribution in [2.45, 2.75) is 69.9 Å². The molecule has 4 rings (SSSR count). The Hall–Kier alpha value is -2.57. The molecule has 7 heteroatoms. The minimum atomic E-state index is -0.839. The molecule has 1 aromatic rings. The number of amides is 4. The SMILES string of the molecule is Cc1ccc(C(=O)NC2CC2)cc1NC(=O)NC1(C(=O)NCC2CC2)CCCC1. The second-order valence-corrected chi connectivity index (χ2v) is 8.80. The molecule has 0 aliphatic heterocycles. The van der Waals surface area contributed by atoms with Gasteiger partial charge in [0, 0.05) is 23.8 Å². The molecule has 0 unspecified atom stereocenters. The van der Waals surface area contributed by atoms with Gasteiger partial charge in [0.2, 0.25) is 5.91 Å². The molecule has 3 fully saturated rings. The van der Waals surface area contributed by atoms with Crippen molar-refractivity contribution in [1.29, 1.82) is 0 Å². The fraction of sp³-hybridized carbons (Fsp3) is 0.591. The van der Waals surface area contributed by atoms with Crippen LogP contribution >= 0.6 is 0 Å². The minimum absolute atomic E-state index is 0.0775. The first-order valence-corrected chi connectivity index (χ1v) is 10.7. The number of anilines is 1. The number of carbonyl (C=O) groups excluding carboxylic acids is 3. The van der Waals surface area contributed by atoms with Gasteiger partial charge in [0.15, 0.2) is 0 Å². The van der Waals surface area contributed by atoms with Crippen LogP contribution in [-0.4, -0.2) is 36.0 Å². The van der Waals surface area contributed by atoms with E-state index in [9.17, 15) is 14.4 Å². The van der Waals surface area contributed by atoms with Gasteiger partial charge in [-0.05, 0) is 69.1 Å². The third-order valence-corrected chi connectivity index (χ3v) is 6.15. The van der Waals surface area contributed by atoms with E-state index >= 15 is 0 Å². The molecule has 3 aliphatic rings. The second kappa shape index (κ2) is 8.05. The molecule has 0 atom stereocenters. The van der Waals surface area contributed by atoms with Gasteiger partial charge in [0.25, 0.3) is 5.91 Å². The van der Waals surface area contributed by atoms with Crippen LogP contribution in [0, 0.1) is 12.8 Å². The zero-order valence-corrected chi connectivity index (χ0v) is 17.0. The number of aryl methyl sites for hydroxylation is 1. The molecule has 0 bridgehead atoms. The van der Waals surface area contributed by atoms with Crippen molar-refractivity contribution in [2.75, 3.05) is 11.9 Å². The molecule has 4 N–H and O–H groups in total. The molecule has 3 aliphatic carbocycles. The molecule has 0 heterocycles. The van der Waals surface area contributed by atoms with Crippen molar-refractivity contribution >= 4 is 23.5 Å². The van der Waals surface area contributed by atoms with E-state index in [0.29, 0.717) is 36.6 Å². The number of benzene rings is 1. The van der Waals surface area contributed by atoms with E-state index in [1.54, 1.807) is 12.1 Å². The maximum absolute atomic E-state index is 12.8. The molecule has 0 radical (unpaired) electrons. The summed E-state index contributed by atoms with van der Waals surface area (Å²) in [4.78, 5) is 37.8. The van der Waals surface area contributed by atoms with Crippen molar-refractivity contribution in [1.82, 2.24) is 16.0 Å². The fourth-order valence-electron chi connectivity index (χ4n) is 3.88. The third kappa shape index (κ3) is 4.89. The van der Waals surface area contributed by atoms with Gasteiger partial charge >= 0.3 is 6.03 Å². The molecule has 3 saturated carbocycles. The monoisotopic (exact) mass is 398 g/mol. The summed E-state index contributed by atoms with van der Waals surface area (Å²) in [5.41, 5.74) is 1.13. The van der Waals surface area contributed by atoms with Crippen molar-refractivity contribution in [3.63, 3.8) is 0 Å². The van der Waals surface area contributed by atoms with Crippen molar-refractivity contribution in [3.05, 3.63) is 29.3 Å². The summed E-state index contributed by atoms with van der Waals surface area (Å²) in [6.07, 6.45) is 7.54. The van der Waals surface area contributed by atoms with Crippen LogP contribution in [0.3, 0.4) is 0 Å². The summed E-state index contributed by atoms with van der Waals surface area (Å²) in [6, 6.07) is 5.16. The zero-order chi connectivity index (χ0) is 20.4. The lowest BCUT2D eigenvalue weighted by Crippen LogP contribution is -2.58. The Morgan fingerprint density at radius 3 is 2.45 bits per heavy atom. The average Bonchev–Trinajstić information content (AvgIpc) is 3.62. The van der Waals surface area contributed by atoms with Crippen LogP contribution in [0.4, 0.5) is 10.5 Å². The number of hydrogen-bond acceptors (Lipinski definition) is 3. The number of urea groups is 1. The van der Waals surface area contributed by atoms with E-state index < -0.39 is 11.6 Å². The summed E-state index contributed by atoms with van der Waals surface area (Å²) >= 11 is 0. The van der Waals surface area contributed by atoms with Crippen molar-refractivity contribution in [2.24, 2.45) is 5.92 Å². The van der Waals surface area contributed by atoms with Gasteiger partial charge in [-0.1, -0.05) is 18.9 Å². The number of carbonyl (C=O) groups is 3. The van der Waals surface area contributed by atoms with Crippen LogP contribution in [0.2, 0.25) is 0 Å². The molecule has 1 aromatic carbocycles. The van der Waals surface area contributed by atoms with Gasteiger partial charge < -0.3 is 21.3 Å². The highest BCUT2D eigenvalue weighted by atomic mass is 16.2. The quantitative estimate of drug-likeness (QED) is 0.568. The normalized spacial score (nSPS) is 20.0. The van der Waals surface area contributed by atoms with Gasteiger partial charge in [-0.15, -0.1) is 0 Å². The van der Waals surface area contributed by atoms with Gasteiger partial charge in [0.05, 0.1) is 0 Å². The average molecular weight is 399 g/mol. The van der Waals surface area contributed by atoms with Crippen LogP contribution in [-0.2, 0) is 4.79 Å². The van der Waals surface area contributed by atoms with Crippen LogP contribution in [0.25, 0.3) is 0 Å². The Kier molecular flexibility index (Phi) is 5.48. The fourth-order valence-corrected chi connectivity index (χ4v) is 3.88. The van der Waals surface area contributed by atoms with E-state index in [0.717, 1.165) is 31.2 Å². The molecule has 156 valence electrons. The summed E-state index contributed by atoms with van der Waals surface area (Å²) in [5, 5.41) is 11.8. The molecule has 4 amide bonds. The van der Waals surface area contributed by atoms with Crippen LogP contribution in [0.5, 0.6) is 0 Å². The molecular formula is C22H30N4O3. The van der Waals surface area contributed by atoms with Gasteiger partial charge in [-0.25, -0.2) is 4.79 Å². The van der Waals surface area contributed by atoms with Crippen LogP contribution in [0.15, 0.2) is 18.2 Å². The maximum Gasteiger partial charge on any atom is 0.320 e. The van der Waals surface area contributed by atoms with E-state index in [-0.39, 0.29) is 17.9 Å². The maximum atomic E-state index is 12.8. The topological polar surface area (TPSA) is 99.3 Å². The first kappa shape index (κ1) is 19.7. The summed E-state index contributed by atoms with van der Waals surface area (Å²) in [6.45, 7) is 2.58. The van der Waals surface area contributed by atoms with Gasteiger partial charge in [-0.2, -0.15) is 0 Å². The number of nitrogens with one attached hydrogen (secondary N) is 4. The summed E-state index contributed by atoms with van der Waals surface area (Å²) in [7, 11) is 0. The molecule has 0 saturated heterocycles. The van der Waals surface area contributed by atoms with Crippen LogP contribution in [0.1, 0.15) is 67.3 Å². The highest BCUT2D eigenvalue weighted by Gasteiger charge is 2.43. The van der Waals surface area contributed by atoms with Crippen molar-refractivity contribution < 1.29 is 14.4 Å². The third-order valence-electron chi connectivity index (χ3n) is 6.15. The Balaban J connectivity index is 1.40. The predicted octanol–water partition coefficient (Wildman–Crippen LogP) is 2.85. The smallest absolute Gasteiger partial charge is 0.320 e. The van der Waals surface area contributed by atoms with E-state index in [2.05, 4.69) is 21.3 Å². The second-order valence-electron chi connectivity index (χ2n) is 8.80. The predicted molar refractivity (Wildman–Crippen MR) is 111 cm³/mol. The Labute approximate surface area is 171 Å². The first-order chi connectivity index (χ1) is 13.9. The van der Waals surface area contributed by atoms with Crippen LogP contribution < -0.4 is 21.3 Å². The van der Waals surface area contributed by atoms with E-state index in [4.69, 9.17) is 0 Å². The molecule has 7 nitrogen and oxygen atoms in total. The van der Waals surface area contributed by atoms with Gasteiger partial charge in [-0.3, -0.25) is 9.59 Å². The molecule has 0 spiro atoms. The minimum Gasteiger partial charge on any atom is -0.354 e. The Morgan fingerprint density at radius 1 is 1.07 bits per heavy atom. The van der Waals surface area contributed by atoms with E-state index in [1.165, 1.54) is 12.8 Å². The number of hydrogen-bond donors (Lipinski definition) is 4. The highest BCUT2D eigenvalue weighted by molar-refractivity contribution is 5.99. The first-order valence-electron chi connectivity index (χ1n) is 10.7. The lowest BCUT2D eigenvalue weighted by Gasteiger charge is -2.29. The Morgan fingerprint density at radius 2 is 1.79 bits per heavy atom.